The highest BCUT2D eigenvalue weighted by atomic mass is 19.1. The molecule has 1 saturated carbocycles. The second-order valence-corrected chi connectivity index (χ2v) is 9.10. The Morgan fingerprint density at radius 1 is 1.18 bits per heavy atom. The van der Waals surface area contributed by atoms with Gasteiger partial charge in [-0.2, -0.15) is 5.10 Å². The molecule has 0 bridgehead atoms. The van der Waals surface area contributed by atoms with Crippen LogP contribution in [0.15, 0.2) is 36.5 Å². The molecule has 0 spiro atoms. The first-order valence-electron chi connectivity index (χ1n) is 11.2. The summed E-state index contributed by atoms with van der Waals surface area (Å²) in [5.74, 6) is -0.760. The lowest BCUT2D eigenvalue weighted by atomic mass is 9.79. The van der Waals surface area contributed by atoms with Crippen LogP contribution in [-0.2, 0) is 4.79 Å². The van der Waals surface area contributed by atoms with Crippen LogP contribution in [0.3, 0.4) is 0 Å². The predicted molar refractivity (Wildman–Crippen MR) is 119 cm³/mol. The van der Waals surface area contributed by atoms with Crippen molar-refractivity contribution in [2.24, 2.45) is 0 Å². The van der Waals surface area contributed by atoms with E-state index in [-0.39, 0.29) is 29.4 Å². The van der Waals surface area contributed by atoms with E-state index >= 15 is 0 Å². The number of fused-ring (bicyclic) bond motifs is 1. The van der Waals surface area contributed by atoms with E-state index in [1.807, 2.05) is 19.9 Å². The van der Waals surface area contributed by atoms with Crippen LogP contribution in [0.5, 0.6) is 0 Å². The summed E-state index contributed by atoms with van der Waals surface area (Å²) in [5, 5.41) is 15.0. The zero-order valence-corrected chi connectivity index (χ0v) is 18.7. The van der Waals surface area contributed by atoms with Crippen LogP contribution in [0.4, 0.5) is 4.39 Å². The van der Waals surface area contributed by atoms with Gasteiger partial charge in [0.1, 0.15) is 17.1 Å². The number of aromatic nitrogens is 3. The Bertz CT molecular complexity index is 1230. The van der Waals surface area contributed by atoms with E-state index in [1.165, 1.54) is 12.1 Å². The van der Waals surface area contributed by atoms with Crippen molar-refractivity contribution >= 4 is 17.5 Å². The molecule has 2 aromatic heterocycles. The number of hydrogen-bond donors (Lipinski definition) is 1. The Balaban J connectivity index is 1.35. The Labute approximate surface area is 190 Å². The lowest BCUT2D eigenvalue weighted by Gasteiger charge is -2.45. The molecule has 1 unspecified atom stereocenters. The van der Waals surface area contributed by atoms with Crippen molar-refractivity contribution in [3.05, 3.63) is 53.6 Å². The summed E-state index contributed by atoms with van der Waals surface area (Å²) >= 11 is 0. The number of carbonyl (C=O) groups is 2. The van der Waals surface area contributed by atoms with Crippen molar-refractivity contribution in [3.63, 3.8) is 0 Å². The molecule has 1 aliphatic carbocycles. The molecule has 3 heterocycles. The molecule has 2 aliphatic rings. The Hall–Kier alpha value is -3.33. The molecule has 5 rings (SSSR count). The van der Waals surface area contributed by atoms with E-state index in [9.17, 15) is 19.1 Å². The SMILES string of the molecule is Cc1cc(-c2ccc(F)cc2)nn2cc(C(=O)N3CCN(C(=O)C4(O)CCC4)C(C)C3)nc12. The van der Waals surface area contributed by atoms with Crippen LogP contribution >= 0.6 is 0 Å². The summed E-state index contributed by atoms with van der Waals surface area (Å²) in [6.07, 6.45) is 3.48. The monoisotopic (exact) mass is 451 g/mol. The van der Waals surface area contributed by atoms with Gasteiger partial charge < -0.3 is 14.9 Å². The maximum absolute atomic E-state index is 13.3. The van der Waals surface area contributed by atoms with Gasteiger partial charge in [0, 0.05) is 31.2 Å². The number of benzene rings is 1. The molecular weight excluding hydrogens is 425 g/mol. The third-order valence-electron chi connectivity index (χ3n) is 6.72. The van der Waals surface area contributed by atoms with E-state index in [1.54, 1.807) is 32.6 Å². The van der Waals surface area contributed by atoms with Crippen molar-refractivity contribution in [1.82, 2.24) is 24.4 Å². The van der Waals surface area contributed by atoms with Gasteiger partial charge in [-0.15, -0.1) is 0 Å². The average molecular weight is 452 g/mol. The molecule has 1 N–H and O–H groups in total. The van der Waals surface area contributed by atoms with Crippen LogP contribution in [0.25, 0.3) is 16.9 Å². The van der Waals surface area contributed by atoms with Gasteiger partial charge in [0.05, 0.1) is 11.9 Å². The molecule has 3 aromatic rings. The van der Waals surface area contributed by atoms with Crippen molar-refractivity contribution in [2.75, 3.05) is 19.6 Å². The van der Waals surface area contributed by atoms with Gasteiger partial charge in [-0.1, -0.05) is 0 Å². The zero-order valence-electron chi connectivity index (χ0n) is 18.7. The predicted octanol–water partition coefficient (Wildman–Crippen LogP) is 2.43. The molecule has 1 atom stereocenters. The van der Waals surface area contributed by atoms with Gasteiger partial charge in [0.15, 0.2) is 5.65 Å². The van der Waals surface area contributed by atoms with Gasteiger partial charge in [-0.3, -0.25) is 9.59 Å². The number of amides is 2. The Kier molecular flexibility index (Phi) is 5.16. The second-order valence-electron chi connectivity index (χ2n) is 9.10. The Morgan fingerprint density at radius 3 is 2.55 bits per heavy atom. The molecular formula is C24H26FN5O3. The highest BCUT2D eigenvalue weighted by Crippen LogP contribution is 2.34. The molecule has 33 heavy (non-hydrogen) atoms. The summed E-state index contributed by atoms with van der Waals surface area (Å²) in [6, 6.07) is 7.76. The summed E-state index contributed by atoms with van der Waals surface area (Å²) < 4.78 is 14.8. The topological polar surface area (TPSA) is 91.0 Å². The third-order valence-corrected chi connectivity index (χ3v) is 6.72. The number of hydrogen-bond acceptors (Lipinski definition) is 5. The molecule has 2 fully saturated rings. The molecule has 2 amide bonds. The minimum atomic E-state index is -1.23. The summed E-state index contributed by atoms with van der Waals surface area (Å²) in [5.41, 5.74) is 1.91. The van der Waals surface area contributed by atoms with Crippen molar-refractivity contribution in [2.45, 2.75) is 44.8 Å². The molecule has 172 valence electrons. The zero-order chi connectivity index (χ0) is 23.3. The maximum atomic E-state index is 13.3. The van der Waals surface area contributed by atoms with Crippen LogP contribution in [0.2, 0.25) is 0 Å². The molecule has 8 nitrogen and oxygen atoms in total. The highest BCUT2D eigenvalue weighted by Gasteiger charge is 2.46. The number of rotatable bonds is 3. The first-order chi connectivity index (χ1) is 15.7. The second kappa shape index (κ2) is 7.91. The van der Waals surface area contributed by atoms with Gasteiger partial charge >= 0.3 is 0 Å². The van der Waals surface area contributed by atoms with E-state index in [0.29, 0.717) is 43.8 Å². The number of halogens is 1. The smallest absolute Gasteiger partial charge is 0.274 e. The number of imidazole rings is 1. The van der Waals surface area contributed by atoms with Crippen LogP contribution in [-0.4, -0.2) is 72.6 Å². The quantitative estimate of drug-likeness (QED) is 0.661. The van der Waals surface area contributed by atoms with E-state index in [2.05, 4.69) is 10.1 Å². The number of carbonyl (C=O) groups excluding carboxylic acids is 2. The van der Waals surface area contributed by atoms with E-state index in [4.69, 9.17) is 0 Å². The molecule has 1 aromatic carbocycles. The van der Waals surface area contributed by atoms with E-state index < -0.39 is 5.60 Å². The normalized spacial score (nSPS) is 20.1. The fourth-order valence-corrected chi connectivity index (χ4v) is 4.59. The first kappa shape index (κ1) is 21.5. The van der Waals surface area contributed by atoms with Gasteiger partial charge in [-0.05, 0) is 69.0 Å². The fourth-order valence-electron chi connectivity index (χ4n) is 4.59. The van der Waals surface area contributed by atoms with Gasteiger partial charge in [-0.25, -0.2) is 13.9 Å². The standard InChI is InChI=1S/C24H26FN5O3/c1-15-12-19(17-4-6-18(25)7-5-17)27-30-14-20(26-21(15)30)22(31)28-10-11-29(16(2)13-28)23(32)24(33)8-3-9-24/h4-7,12,14,16,33H,3,8-11,13H2,1-2H3. The average Bonchev–Trinajstić information content (AvgIpc) is 3.22. The van der Waals surface area contributed by atoms with Crippen molar-refractivity contribution in [1.29, 1.82) is 0 Å². The van der Waals surface area contributed by atoms with Gasteiger partial charge in [0.2, 0.25) is 0 Å². The van der Waals surface area contributed by atoms with Crippen molar-refractivity contribution < 1.29 is 19.1 Å². The van der Waals surface area contributed by atoms with Crippen LogP contribution in [0, 0.1) is 12.7 Å². The molecule has 1 saturated heterocycles. The lowest BCUT2D eigenvalue weighted by Crippen LogP contribution is -2.62. The number of nitrogens with zero attached hydrogens (tertiary/aromatic N) is 5. The number of aliphatic hydroxyl groups is 1. The van der Waals surface area contributed by atoms with Crippen LogP contribution < -0.4 is 0 Å². The number of piperazine rings is 1. The van der Waals surface area contributed by atoms with Crippen molar-refractivity contribution in [3.8, 4) is 11.3 Å². The summed E-state index contributed by atoms with van der Waals surface area (Å²) in [7, 11) is 0. The largest absolute Gasteiger partial charge is 0.380 e. The molecule has 9 heteroatoms. The molecule has 0 radical (unpaired) electrons. The molecule has 1 aliphatic heterocycles. The maximum Gasteiger partial charge on any atom is 0.274 e. The van der Waals surface area contributed by atoms with Crippen LogP contribution in [0.1, 0.15) is 42.2 Å². The third kappa shape index (κ3) is 3.76. The van der Waals surface area contributed by atoms with Gasteiger partial charge in [0.25, 0.3) is 11.8 Å². The first-order valence-corrected chi connectivity index (χ1v) is 11.2. The Morgan fingerprint density at radius 2 is 1.91 bits per heavy atom. The minimum absolute atomic E-state index is 0.193. The summed E-state index contributed by atoms with van der Waals surface area (Å²) in [6.45, 7) is 4.92. The van der Waals surface area contributed by atoms with E-state index in [0.717, 1.165) is 17.5 Å². The minimum Gasteiger partial charge on any atom is -0.380 e. The number of aryl methyl sites for hydroxylation is 1. The summed E-state index contributed by atoms with van der Waals surface area (Å²) in [4.78, 5) is 33.8. The fraction of sp³-hybridized carbons (Fsp3) is 0.417. The highest BCUT2D eigenvalue weighted by molar-refractivity contribution is 5.93. The lowest BCUT2D eigenvalue weighted by molar-refractivity contribution is -0.164.